The van der Waals surface area contributed by atoms with Crippen LogP contribution in [0.15, 0.2) is 71.2 Å². The quantitative estimate of drug-likeness (QED) is 0.683. The number of para-hydroxylation sites is 1. The summed E-state index contributed by atoms with van der Waals surface area (Å²) in [6.45, 7) is 1.96. The lowest BCUT2D eigenvalue weighted by Crippen LogP contribution is -2.31. The smallest absolute Gasteiger partial charge is 0.258 e. The van der Waals surface area contributed by atoms with Crippen LogP contribution in [0.1, 0.15) is 18.5 Å². The van der Waals surface area contributed by atoms with Crippen LogP contribution in [0.3, 0.4) is 0 Å². The Kier molecular flexibility index (Phi) is 5.16. The van der Waals surface area contributed by atoms with E-state index in [-0.39, 0.29) is 18.6 Å². The summed E-state index contributed by atoms with van der Waals surface area (Å²) in [5.74, 6) is 0.511. The van der Waals surface area contributed by atoms with Gasteiger partial charge in [-0.25, -0.2) is 0 Å². The summed E-state index contributed by atoms with van der Waals surface area (Å²) < 4.78 is 6.38. The van der Waals surface area contributed by atoms with Crippen molar-refractivity contribution in [2.24, 2.45) is 0 Å². The molecule has 4 heteroatoms. The molecule has 3 aromatic carbocycles. The topological polar surface area (TPSA) is 38.3 Å². The summed E-state index contributed by atoms with van der Waals surface area (Å²) in [7, 11) is 0. The van der Waals surface area contributed by atoms with Gasteiger partial charge in [0.1, 0.15) is 5.75 Å². The third-order valence-electron chi connectivity index (χ3n) is 3.85. The average Bonchev–Trinajstić information content (AvgIpc) is 2.60. The molecule has 0 unspecified atom stereocenters. The van der Waals surface area contributed by atoms with Gasteiger partial charge in [0.25, 0.3) is 5.91 Å². The number of halogens is 1. The lowest BCUT2D eigenvalue weighted by atomic mass is 10.0. The molecule has 0 saturated heterocycles. The summed E-state index contributed by atoms with van der Waals surface area (Å²) in [5.41, 5.74) is 1.07. The minimum Gasteiger partial charge on any atom is -0.483 e. The Bertz CT molecular complexity index is 863. The summed E-state index contributed by atoms with van der Waals surface area (Å²) >= 11 is 3.40. The number of nitrogens with one attached hydrogen (secondary N) is 1. The minimum absolute atomic E-state index is 0.0134. The number of ether oxygens (including phenoxy) is 1. The predicted octanol–water partition coefficient (Wildman–Crippen LogP) is 4.86. The highest BCUT2D eigenvalue weighted by Crippen LogP contribution is 2.24. The van der Waals surface area contributed by atoms with Gasteiger partial charge in [0, 0.05) is 0 Å². The second kappa shape index (κ2) is 7.49. The van der Waals surface area contributed by atoms with Crippen LogP contribution in [0.2, 0.25) is 0 Å². The van der Waals surface area contributed by atoms with Gasteiger partial charge in [0.15, 0.2) is 6.61 Å². The lowest BCUT2D eigenvalue weighted by molar-refractivity contribution is -0.123. The number of fused-ring (bicyclic) bond motifs is 1. The molecule has 0 bridgehead atoms. The first-order chi connectivity index (χ1) is 11.6. The van der Waals surface area contributed by atoms with E-state index in [9.17, 15) is 4.79 Å². The van der Waals surface area contributed by atoms with Gasteiger partial charge in [-0.2, -0.15) is 0 Å². The molecule has 1 atom stereocenters. The third-order valence-corrected chi connectivity index (χ3v) is 4.50. The number of hydrogen-bond acceptors (Lipinski definition) is 2. The Morgan fingerprint density at radius 2 is 1.75 bits per heavy atom. The van der Waals surface area contributed by atoms with Gasteiger partial charge in [-0.1, -0.05) is 48.5 Å². The maximum absolute atomic E-state index is 12.1. The second-order valence-electron chi connectivity index (χ2n) is 5.61. The largest absolute Gasteiger partial charge is 0.483 e. The van der Waals surface area contributed by atoms with Gasteiger partial charge >= 0.3 is 0 Å². The van der Waals surface area contributed by atoms with Gasteiger partial charge < -0.3 is 10.1 Å². The van der Waals surface area contributed by atoms with Crippen LogP contribution in [-0.4, -0.2) is 12.5 Å². The zero-order chi connectivity index (χ0) is 16.9. The molecule has 3 nitrogen and oxygen atoms in total. The van der Waals surface area contributed by atoms with E-state index in [1.165, 1.54) is 10.8 Å². The van der Waals surface area contributed by atoms with Crippen molar-refractivity contribution >= 4 is 32.6 Å². The number of benzene rings is 3. The molecule has 0 aromatic heterocycles. The molecule has 3 aromatic rings. The van der Waals surface area contributed by atoms with Crippen LogP contribution in [0.4, 0.5) is 0 Å². The maximum Gasteiger partial charge on any atom is 0.258 e. The van der Waals surface area contributed by atoms with Crippen LogP contribution in [-0.2, 0) is 4.79 Å². The predicted molar refractivity (Wildman–Crippen MR) is 100 cm³/mol. The molecule has 0 spiro atoms. The van der Waals surface area contributed by atoms with E-state index in [4.69, 9.17) is 4.74 Å². The zero-order valence-electron chi connectivity index (χ0n) is 13.3. The highest BCUT2D eigenvalue weighted by Gasteiger charge is 2.11. The van der Waals surface area contributed by atoms with E-state index >= 15 is 0 Å². The van der Waals surface area contributed by atoms with E-state index in [1.54, 1.807) is 0 Å². The van der Waals surface area contributed by atoms with Crippen molar-refractivity contribution in [3.8, 4) is 5.75 Å². The molecule has 24 heavy (non-hydrogen) atoms. The molecule has 0 aliphatic rings. The highest BCUT2D eigenvalue weighted by molar-refractivity contribution is 9.10. The van der Waals surface area contributed by atoms with Crippen molar-refractivity contribution in [1.82, 2.24) is 5.32 Å². The van der Waals surface area contributed by atoms with Crippen LogP contribution < -0.4 is 10.1 Å². The monoisotopic (exact) mass is 383 g/mol. The van der Waals surface area contributed by atoms with E-state index < -0.39 is 0 Å². The van der Waals surface area contributed by atoms with Crippen molar-refractivity contribution in [3.05, 3.63) is 76.8 Å². The molecule has 3 rings (SSSR count). The number of hydrogen-bond donors (Lipinski definition) is 1. The minimum atomic E-state index is -0.147. The fourth-order valence-electron chi connectivity index (χ4n) is 2.55. The molecule has 0 saturated carbocycles. The number of carbonyl (C=O) groups is 1. The van der Waals surface area contributed by atoms with Gasteiger partial charge in [0.2, 0.25) is 0 Å². The molecular formula is C20H18BrNO2. The second-order valence-corrected chi connectivity index (χ2v) is 6.47. The van der Waals surface area contributed by atoms with E-state index in [2.05, 4.69) is 45.5 Å². The lowest BCUT2D eigenvalue weighted by Gasteiger charge is -2.15. The van der Waals surface area contributed by atoms with Gasteiger partial charge in [-0.15, -0.1) is 0 Å². The molecule has 1 amide bonds. The maximum atomic E-state index is 12.1. The molecule has 0 fully saturated rings. The van der Waals surface area contributed by atoms with Crippen molar-refractivity contribution in [1.29, 1.82) is 0 Å². The van der Waals surface area contributed by atoms with Crippen molar-refractivity contribution < 1.29 is 9.53 Å². The fourth-order valence-corrected chi connectivity index (χ4v) is 2.95. The van der Waals surface area contributed by atoms with Crippen LogP contribution >= 0.6 is 15.9 Å². The molecule has 0 aliphatic carbocycles. The normalized spacial score (nSPS) is 11.9. The summed E-state index contributed by atoms with van der Waals surface area (Å²) in [4.78, 5) is 12.1. The Morgan fingerprint density at radius 3 is 2.54 bits per heavy atom. The van der Waals surface area contributed by atoms with E-state index in [0.29, 0.717) is 5.75 Å². The van der Waals surface area contributed by atoms with Crippen molar-refractivity contribution in [3.63, 3.8) is 0 Å². The average molecular weight is 384 g/mol. The van der Waals surface area contributed by atoms with Crippen LogP contribution in [0, 0.1) is 0 Å². The molecule has 1 N–H and O–H groups in total. The SMILES string of the molecule is C[C@H](NC(=O)COc1ccccc1Br)c1ccc2ccccc2c1. The molecule has 0 heterocycles. The molecule has 0 aliphatic heterocycles. The molecule has 122 valence electrons. The zero-order valence-corrected chi connectivity index (χ0v) is 14.9. The Morgan fingerprint density at radius 1 is 1.04 bits per heavy atom. The first kappa shape index (κ1) is 16.5. The number of carbonyl (C=O) groups excluding carboxylic acids is 1. The molecular weight excluding hydrogens is 366 g/mol. The Hall–Kier alpha value is -2.33. The fraction of sp³-hybridized carbons (Fsp3) is 0.150. The summed E-state index contributed by atoms with van der Waals surface area (Å²) in [6.07, 6.45) is 0. The van der Waals surface area contributed by atoms with Crippen LogP contribution in [0.5, 0.6) is 5.75 Å². The van der Waals surface area contributed by atoms with E-state index in [1.807, 2.05) is 49.4 Å². The standard InChI is InChI=1S/C20H18BrNO2/c1-14(16-11-10-15-6-2-3-7-17(15)12-16)22-20(23)13-24-19-9-5-4-8-18(19)21/h2-12,14H,13H2,1H3,(H,22,23)/t14-/m0/s1. The Balaban J connectivity index is 1.61. The number of rotatable bonds is 5. The first-order valence-electron chi connectivity index (χ1n) is 7.79. The highest BCUT2D eigenvalue weighted by atomic mass is 79.9. The first-order valence-corrected chi connectivity index (χ1v) is 8.58. The van der Waals surface area contributed by atoms with Gasteiger partial charge in [-0.05, 0) is 57.4 Å². The van der Waals surface area contributed by atoms with Crippen molar-refractivity contribution in [2.75, 3.05) is 6.61 Å². The van der Waals surface area contributed by atoms with Gasteiger partial charge in [0.05, 0.1) is 10.5 Å². The van der Waals surface area contributed by atoms with E-state index in [0.717, 1.165) is 10.0 Å². The Labute approximate surface area is 149 Å². The summed E-state index contributed by atoms with van der Waals surface area (Å²) in [6, 6.07) is 21.8. The van der Waals surface area contributed by atoms with Gasteiger partial charge in [-0.3, -0.25) is 4.79 Å². The van der Waals surface area contributed by atoms with Crippen LogP contribution in [0.25, 0.3) is 10.8 Å². The summed E-state index contributed by atoms with van der Waals surface area (Å²) in [5, 5.41) is 5.33. The number of amides is 1. The third kappa shape index (κ3) is 3.95. The molecule has 0 radical (unpaired) electrons. The van der Waals surface area contributed by atoms with Crippen molar-refractivity contribution in [2.45, 2.75) is 13.0 Å².